The summed E-state index contributed by atoms with van der Waals surface area (Å²) in [7, 11) is 1.69. The zero-order chi connectivity index (χ0) is 21.4. The molecule has 4 rings (SSSR count). The number of fused-ring (bicyclic) bond motifs is 1. The number of aliphatic hydroxyl groups excluding tert-OH is 2. The van der Waals surface area contributed by atoms with Crippen LogP contribution in [0.2, 0.25) is 5.02 Å². The van der Waals surface area contributed by atoms with Gasteiger partial charge in [-0.2, -0.15) is 0 Å². The maximum Gasteiger partial charge on any atom is 0.252 e. The van der Waals surface area contributed by atoms with E-state index in [1.165, 1.54) is 17.1 Å². The Morgan fingerprint density at radius 1 is 1.30 bits per heavy atom. The Morgan fingerprint density at radius 2 is 2.10 bits per heavy atom. The topological polar surface area (TPSA) is 147 Å². The summed E-state index contributed by atoms with van der Waals surface area (Å²) < 4.78 is 7.15. The van der Waals surface area contributed by atoms with E-state index in [0.717, 1.165) is 0 Å². The highest BCUT2D eigenvalue weighted by molar-refractivity contribution is 6.30. The molecule has 3 aromatic rings. The lowest BCUT2D eigenvalue weighted by molar-refractivity contribution is -0.137. The number of hydrogen-bond acceptors (Lipinski definition) is 9. The highest BCUT2D eigenvalue weighted by Gasteiger charge is 2.47. The van der Waals surface area contributed by atoms with Gasteiger partial charge in [-0.15, -0.1) is 0 Å². The molecule has 3 unspecified atom stereocenters. The number of carbonyl (C=O) groups excluding carboxylic acids is 1. The van der Waals surface area contributed by atoms with E-state index in [1.54, 1.807) is 26.2 Å². The Labute approximate surface area is 176 Å². The second-order valence-corrected chi connectivity index (χ2v) is 7.12. The molecule has 12 heteroatoms. The van der Waals surface area contributed by atoms with Crippen molar-refractivity contribution in [2.45, 2.75) is 31.5 Å². The molecule has 1 aliphatic rings. The fraction of sp³-hybridized carbons (Fsp3) is 0.389. The minimum atomic E-state index is -1.40. The van der Waals surface area contributed by atoms with Crippen LogP contribution in [0.4, 0.5) is 5.82 Å². The van der Waals surface area contributed by atoms with E-state index in [1.807, 2.05) is 0 Å². The molecule has 0 spiro atoms. The van der Waals surface area contributed by atoms with Crippen molar-refractivity contribution in [2.24, 2.45) is 0 Å². The Balaban J connectivity index is 1.78. The number of hydrogen-bond donors (Lipinski definition) is 4. The largest absolute Gasteiger partial charge is 0.387 e. The number of aliphatic hydroxyl groups is 2. The fourth-order valence-electron chi connectivity index (χ4n) is 3.32. The first-order valence-electron chi connectivity index (χ1n) is 9.27. The normalized spacial score (nSPS) is 23.6. The predicted molar refractivity (Wildman–Crippen MR) is 108 cm³/mol. The van der Waals surface area contributed by atoms with Crippen LogP contribution < -0.4 is 10.6 Å². The number of rotatable bonds is 5. The van der Waals surface area contributed by atoms with Crippen molar-refractivity contribution >= 4 is 34.5 Å². The lowest BCUT2D eigenvalue weighted by Gasteiger charge is -2.17. The molecule has 1 saturated heterocycles. The number of amides is 1. The third-order valence-corrected chi connectivity index (χ3v) is 4.95. The molecule has 0 aliphatic carbocycles. The van der Waals surface area contributed by atoms with Gasteiger partial charge in [-0.1, -0.05) is 11.6 Å². The highest BCUT2D eigenvalue weighted by Crippen LogP contribution is 2.33. The summed E-state index contributed by atoms with van der Waals surface area (Å²) in [4.78, 5) is 29.5. The van der Waals surface area contributed by atoms with Gasteiger partial charge in [0.2, 0.25) is 0 Å². The van der Waals surface area contributed by atoms with Crippen LogP contribution in [0.15, 0.2) is 24.8 Å². The van der Waals surface area contributed by atoms with Crippen molar-refractivity contribution in [3.05, 3.63) is 29.8 Å². The first-order valence-corrected chi connectivity index (χ1v) is 9.65. The zero-order valence-electron chi connectivity index (χ0n) is 16.2. The lowest BCUT2D eigenvalue weighted by atomic mass is 10.1. The van der Waals surface area contributed by atoms with Gasteiger partial charge in [-0.3, -0.25) is 14.3 Å². The zero-order valence-corrected chi connectivity index (χ0v) is 16.9. The van der Waals surface area contributed by atoms with Crippen LogP contribution in [0.3, 0.4) is 0 Å². The molecule has 0 bridgehead atoms. The third kappa shape index (κ3) is 3.45. The van der Waals surface area contributed by atoms with Gasteiger partial charge >= 0.3 is 0 Å². The van der Waals surface area contributed by atoms with Gasteiger partial charge in [0.25, 0.3) is 5.91 Å². The van der Waals surface area contributed by atoms with E-state index in [2.05, 4.69) is 30.6 Å². The molecule has 1 amide bonds. The SMILES string of the molecule is CCNC(=O)[C@@H]1OC(n2cnc3c(NC)nc(-c4cncc(Cl)c4)nc32)C(O)C1O. The summed E-state index contributed by atoms with van der Waals surface area (Å²) in [5.74, 6) is 0.270. The minimum absolute atomic E-state index is 0.330. The Hall–Kier alpha value is -2.86. The number of halogens is 1. The van der Waals surface area contributed by atoms with Crippen molar-refractivity contribution in [1.29, 1.82) is 0 Å². The van der Waals surface area contributed by atoms with E-state index in [-0.39, 0.29) is 0 Å². The average Bonchev–Trinajstić information content (AvgIpc) is 3.29. The summed E-state index contributed by atoms with van der Waals surface area (Å²) in [5.41, 5.74) is 1.36. The molecule has 158 valence electrons. The molecule has 4 heterocycles. The van der Waals surface area contributed by atoms with Gasteiger partial charge < -0.3 is 25.6 Å². The number of nitrogens with zero attached hydrogens (tertiary/aromatic N) is 5. The van der Waals surface area contributed by atoms with Crippen LogP contribution >= 0.6 is 11.6 Å². The van der Waals surface area contributed by atoms with Gasteiger partial charge in [-0.25, -0.2) is 15.0 Å². The second kappa shape index (κ2) is 8.11. The quantitative estimate of drug-likeness (QED) is 0.447. The second-order valence-electron chi connectivity index (χ2n) is 6.68. The molecule has 1 aliphatic heterocycles. The number of aromatic nitrogens is 5. The van der Waals surface area contributed by atoms with Crippen LogP contribution in [-0.2, 0) is 9.53 Å². The summed E-state index contributed by atoms with van der Waals surface area (Å²) >= 11 is 6.04. The van der Waals surface area contributed by atoms with Crippen molar-refractivity contribution in [1.82, 2.24) is 29.8 Å². The van der Waals surface area contributed by atoms with Crippen molar-refractivity contribution < 1.29 is 19.7 Å². The number of imidazole rings is 1. The molecule has 4 N–H and O–H groups in total. The van der Waals surface area contributed by atoms with Gasteiger partial charge in [0, 0.05) is 31.5 Å². The van der Waals surface area contributed by atoms with Crippen LogP contribution in [0, 0.1) is 0 Å². The van der Waals surface area contributed by atoms with E-state index >= 15 is 0 Å². The van der Waals surface area contributed by atoms with Crippen LogP contribution in [0.1, 0.15) is 13.2 Å². The van der Waals surface area contributed by atoms with Crippen LogP contribution in [-0.4, -0.2) is 72.5 Å². The Kier molecular flexibility index (Phi) is 5.52. The molecular weight excluding hydrogens is 414 g/mol. The minimum Gasteiger partial charge on any atom is -0.387 e. The van der Waals surface area contributed by atoms with E-state index in [9.17, 15) is 15.0 Å². The molecular formula is C18H20ClN7O4. The summed E-state index contributed by atoms with van der Waals surface area (Å²) in [6.07, 6.45) is -0.560. The number of anilines is 1. The molecule has 0 aromatic carbocycles. The van der Waals surface area contributed by atoms with Crippen LogP contribution in [0.5, 0.6) is 0 Å². The number of ether oxygens (including phenoxy) is 1. The standard InChI is InChI=1S/C18H20ClN7O4/c1-3-22-17(29)13-11(27)12(28)18(30-13)26-7-23-10-15(20-2)24-14(25-16(10)26)8-4-9(19)6-21-5-8/h4-7,11-13,18,27-28H,3H2,1-2H3,(H,22,29)(H,20,24,25)/t11?,12?,13-,18?/m1/s1. The monoisotopic (exact) mass is 433 g/mol. The maximum atomic E-state index is 12.2. The van der Waals surface area contributed by atoms with Gasteiger partial charge in [0.15, 0.2) is 35.1 Å². The van der Waals surface area contributed by atoms with E-state index in [4.69, 9.17) is 16.3 Å². The van der Waals surface area contributed by atoms with Crippen molar-refractivity contribution in [3.8, 4) is 11.4 Å². The number of carbonyl (C=O) groups is 1. The van der Waals surface area contributed by atoms with Crippen molar-refractivity contribution in [3.63, 3.8) is 0 Å². The molecule has 0 radical (unpaired) electrons. The smallest absolute Gasteiger partial charge is 0.252 e. The summed E-state index contributed by atoms with van der Waals surface area (Å²) in [6, 6.07) is 1.67. The molecule has 30 heavy (non-hydrogen) atoms. The molecule has 3 aromatic heterocycles. The molecule has 11 nitrogen and oxygen atoms in total. The van der Waals surface area contributed by atoms with Crippen LogP contribution in [0.25, 0.3) is 22.6 Å². The highest BCUT2D eigenvalue weighted by atomic mass is 35.5. The third-order valence-electron chi connectivity index (χ3n) is 4.74. The average molecular weight is 434 g/mol. The number of likely N-dealkylation sites (N-methyl/N-ethyl adjacent to an activating group) is 1. The molecule has 4 atom stereocenters. The molecule has 1 fully saturated rings. The van der Waals surface area contributed by atoms with Gasteiger partial charge in [0.1, 0.15) is 12.2 Å². The maximum absolute atomic E-state index is 12.2. The predicted octanol–water partition coefficient (Wildman–Crippen LogP) is 0.339. The van der Waals surface area contributed by atoms with E-state index in [0.29, 0.717) is 39.9 Å². The first-order chi connectivity index (χ1) is 14.4. The Morgan fingerprint density at radius 3 is 2.80 bits per heavy atom. The van der Waals surface area contributed by atoms with Gasteiger partial charge in [0.05, 0.1) is 11.3 Å². The van der Waals surface area contributed by atoms with Crippen molar-refractivity contribution in [2.75, 3.05) is 18.9 Å². The Bertz CT molecular complexity index is 1090. The lowest BCUT2D eigenvalue weighted by Crippen LogP contribution is -2.42. The fourth-order valence-corrected chi connectivity index (χ4v) is 3.50. The van der Waals surface area contributed by atoms with E-state index < -0.39 is 30.4 Å². The molecule has 0 saturated carbocycles. The number of nitrogens with one attached hydrogen (secondary N) is 2. The first kappa shape index (κ1) is 20.4. The van der Waals surface area contributed by atoms with Gasteiger partial charge in [-0.05, 0) is 13.0 Å². The summed E-state index contributed by atoms with van der Waals surface area (Å²) in [5, 5.41) is 26.8. The summed E-state index contributed by atoms with van der Waals surface area (Å²) in [6.45, 7) is 2.12. The number of pyridine rings is 1.